The Labute approximate surface area is 143 Å². The van der Waals surface area contributed by atoms with Crippen molar-refractivity contribution in [3.8, 4) is 0 Å². The lowest BCUT2D eigenvalue weighted by Gasteiger charge is -2.04. The van der Waals surface area contributed by atoms with Crippen molar-refractivity contribution in [1.29, 1.82) is 0 Å². The molecule has 136 valence electrons. The molecular weight excluding hydrogens is 335 g/mol. The second-order valence-corrected chi connectivity index (χ2v) is 5.70. The monoisotopic (exact) mass is 355 g/mol. The molecule has 0 unspecified atom stereocenters. The number of hydrogen-bond acceptors (Lipinski definition) is 4. The van der Waals surface area contributed by atoms with Gasteiger partial charge < -0.3 is 9.84 Å². The zero-order valence-corrected chi connectivity index (χ0v) is 13.7. The lowest BCUT2D eigenvalue weighted by molar-refractivity contribution is -0.159. The third-order valence-corrected chi connectivity index (χ3v) is 3.57. The van der Waals surface area contributed by atoms with Gasteiger partial charge in [0.15, 0.2) is 5.82 Å². The molecule has 25 heavy (non-hydrogen) atoms. The van der Waals surface area contributed by atoms with Crippen molar-refractivity contribution in [3.05, 3.63) is 42.0 Å². The number of amides is 1. The van der Waals surface area contributed by atoms with Crippen LogP contribution in [0.5, 0.6) is 0 Å². The molecule has 0 aliphatic heterocycles. The zero-order valence-electron chi connectivity index (χ0n) is 13.7. The molecule has 1 amide bonds. The molecule has 0 radical (unpaired) electrons. The van der Waals surface area contributed by atoms with Gasteiger partial charge in [0, 0.05) is 18.5 Å². The van der Waals surface area contributed by atoms with Crippen molar-refractivity contribution in [2.75, 3.05) is 5.32 Å². The molecule has 0 atom stereocenters. The maximum absolute atomic E-state index is 12.3. The van der Waals surface area contributed by atoms with Gasteiger partial charge in [-0.25, -0.2) is 0 Å². The van der Waals surface area contributed by atoms with Crippen LogP contribution in [0.3, 0.4) is 0 Å². The molecular formula is C17H20F3N3O2. The van der Waals surface area contributed by atoms with Gasteiger partial charge in [0.25, 0.3) is 0 Å². The number of para-hydroxylation sites is 1. The number of nitrogens with zero attached hydrogens (tertiary/aromatic N) is 2. The lowest BCUT2D eigenvalue weighted by atomic mass is 10.1. The number of aryl methyl sites for hydroxylation is 1. The van der Waals surface area contributed by atoms with Gasteiger partial charge in [-0.05, 0) is 25.0 Å². The van der Waals surface area contributed by atoms with Crippen molar-refractivity contribution in [3.63, 3.8) is 0 Å². The van der Waals surface area contributed by atoms with Crippen LogP contribution in [-0.2, 0) is 17.4 Å². The fourth-order valence-corrected chi connectivity index (χ4v) is 2.31. The van der Waals surface area contributed by atoms with Crippen LogP contribution in [0.15, 0.2) is 34.9 Å². The smallest absolute Gasteiger partial charge is 0.329 e. The molecule has 1 aromatic heterocycles. The Morgan fingerprint density at radius 3 is 2.40 bits per heavy atom. The lowest BCUT2D eigenvalue weighted by Crippen LogP contribution is -2.10. The Morgan fingerprint density at radius 1 is 1.04 bits per heavy atom. The second-order valence-electron chi connectivity index (χ2n) is 5.70. The van der Waals surface area contributed by atoms with Gasteiger partial charge in [-0.1, -0.05) is 42.6 Å². The average Bonchev–Trinajstić information content (AvgIpc) is 3.04. The maximum Gasteiger partial charge on any atom is 0.471 e. The van der Waals surface area contributed by atoms with Gasteiger partial charge in [0.2, 0.25) is 5.91 Å². The maximum atomic E-state index is 12.3. The number of benzene rings is 1. The first kappa shape index (κ1) is 19.0. The number of alkyl halides is 3. The third kappa shape index (κ3) is 6.94. The number of rotatable bonds is 9. The highest BCUT2D eigenvalue weighted by Gasteiger charge is 2.38. The first-order chi connectivity index (χ1) is 11.9. The van der Waals surface area contributed by atoms with Crippen molar-refractivity contribution < 1.29 is 22.5 Å². The van der Waals surface area contributed by atoms with Crippen LogP contribution in [0.25, 0.3) is 0 Å². The molecule has 8 heteroatoms. The first-order valence-electron chi connectivity index (χ1n) is 8.20. The number of nitrogens with one attached hydrogen (secondary N) is 1. The number of unbranched alkanes of at least 4 members (excludes halogenated alkanes) is 4. The minimum Gasteiger partial charge on any atom is -0.329 e. The summed E-state index contributed by atoms with van der Waals surface area (Å²) in [7, 11) is 0. The molecule has 0 spiro atoms. The third-order valence-electron chi connectivity index (χ3n) is 3.57. The zero-order chi connectivity index (χ0) is 18.1. The molecule has 0 aliphatic rings. The standard InChI is InChI=1S/C17H20F3N3O2/c18-17(19,20)16-22-14(23-25-16)11-7-2-1-3-8-12-15(24)21-13-9-5-4-6-10-13/h4-6,9-10H,1-3,7-8,11-12H2,(H,21,24). The highest BCUT2D eigenvalue weighted by Crippen LogP contribution is 2.27. The van der Waals surface area contributed by atoms with Gasteiger partial charge in [0.1, 0.15) is 0 Å². The molecule has 1 N–H and O–H groups in total. The summed E-state index contributed by atoms with van der Waals surface area (Å²) in [5.41, 5.74) is 0.783. The van der Waals surface area contributed by atoms with E-state index in [2.05, 4.69) is 20.0 Å². The number of halogens is 3. The number of aromatic nitrogens is 2. The van der Waals surface area contributed by atoms with E-state index in [1.165, 1.54) is 0 Å². The van der Waals surface area contributed by atoms with Gasteiger partial charge >= 0.3 is 12.1 Å². The average molecular weight is 355 g/mol. The Bertz CT molecular complexity index is 657. The van der Waals surface area contributed by atoms with E-state index in [1.54, 1.807) is 0 Å². The largest absolute Gasteiger partial charge is 0.471 e. The van der Waals surface area contributed by atoms with E-state index in [0.717, 1.165) is 31.4 Å². The summed E-state index contributed by atoms with van der Waals surface area (Å²) in [5, 5.41) is 6.14. The first-order valence-corrected chi connectivity index (χ1v) is 8.20. The minimum atomic E-state index is -4.59. The molecule has 0 bridgehead atoms. The Kier molecular flexibility index (Phi) is 6.97. The van der Waals surface area contributed by atoms with Crippen LogP contribution >= 0.6 is 0 Å². The number of carbonyl (C=O) groups excluding carboxylic acids is 1. The van der Waals surface area contributed by atoms with E-state index in [9.17, 15) is 18.0 Å². The number of carbonyl (C=O) groups is 1. The summed E-state index contributed by atoms with van der Waals surface area (Å²) in [5.74, 6) is -1.24. The van der Waals surface area contributed by atoms with Crippen LogP contribution in [0.4, 0.5) is 18.9 Å². The van der Waals surface area contributed by atoms with E-state index >= 15 is 0 Å². The van der Waals surface area contributed by atoms with Crippen LogP contribution in [0, 0.1) is 0 Å². The minimum absolute atomic E-state index is 0.0160. The predicted molar refractivity (Wildman–Crippen MR) is 85.8 cm³/mol. The SMILES string of the molecule is O=C(CCCCCCCc1noc(C(F)(F)F)n1)Nc1ccccc1. The molecule has 0 saturated carbocycles. The molecule has 1 aromatic carbocycles. The normalized spacial score (nSPS) is 11.5. The molecule has 5 nitrogen and oxygen atoms in total. The summed E-state index contributed by atoms with van der Waals surface area (Å²) in [4.78, 5) is 15.1. The van der Waals surface area contributed by atoms with E-state index in [0.29, 0.717) is 19.3 Å². The number of anilines is 1. The summed E-state index contributed by atoms with van der Waals surface area (Å²) in [6.07, 6.45) is 0.321. The summed E-state index contributed by atoms with van der Waals surface area (Å²) in [6, 6.07) is 9.27. The Morgan fingerprint density at radius 2 is 1.72 bits per heavy atom. The molecule has 0 aliphatic carbocycles. The molecule has 1 heterocycles. The fraction of sp³-hybridized carbons (Fsp3) is 0.471. The van der Waals surface area contributed by atoms with Crippen molar-refractivity contribution in [2.45, 2.75) is 51.1 Å². The highest BCUT2D eigenvalue weighted by atomic mass is 19.4. The van der Waals surface area contributed by atoms with Crippen LogP contribution in [-0.4, -0.2) is 16.0 Å². The molecule has 2 rings (SSSR count). The molecule has 0 fully saturated rings. The van der Waals surface area contributed by atoms with Crippen molar-refractivity contribution in [2.24, 2.45) is 0 Å². The van der Waals surface area contributed by atoms with Gasteiger partial charge in [0.05, 0.1) is 0 Å². The van der Waals surface area contributed by atoms with Crippen molar-refractivity contribution >= 4 is 11.6 Å². The van der Waals surface area contributed by atoms with Gasteiger partial charge in [-0.3, -0.25) is 4.79 Å². The quantitative estimate of drug-likeness (QED) is 0.667. The van der Waals surface area contributed by atoms with E-state index in [1.807, 2.05) is 30.3 Å². The Balaban J connectivity index is 1.52. The Hall–Kier alpha value is -2.38. The van der Waals surface area contributed by atoms with Gasteiger partial charge in [-0.2, -0.15) is 18.2 Å². The van der Waals surface area contributed by atoms with Crippen molar-refractivity contribution in [1.82, 2.24) is 10.1 Å². The summed E-state index contributed by atoms with van der Waals surface area (Å²) < 4.78 is 41.1. The summed E-state index contributed by atoms with van der Waals surface area (Å²) in [6.45, 7) is 0. The van der Waals surface area contributed by atoms with Crippen LogP contribution in [0.1, 0.15) is 50.2 Å². The van der Waals surface area contributed by atoms with Crippen LogP contribution < -0.4 is 5.32 Å². The topological polar surface area (TPSA) is 68.0 Å². The van der Waals surface area contributed by atoms with E-state index < -0.39 is 12.1 Å². The van der Waals surface area contributed by atoms with Gasteiger partial charge in [-0.15, -0.1) is 0 Å². The fourth-order valence-electron chi connectivity index (χ4n) is 2.31. The number of hydrogen-bond donors (Lipinski definition) is 1. The predicted octanol–water partition coefficient (Wildman–Crippen LogP) is 4.61. The van der Waals surface area contributed by atoms with E-state index in [-0.39, 0.29) is 11.7 Å². The second kappa shape index (κ2) is 9.19. The molecule has 2 aromatic rings. The highest BCUT2D eigenvalue weighted by molar-refractivity contribution is 5.90. The van der Waals surface area contributed by atoms with Crippen LogP contribution in [0.2, 0.25) is 0 Å². The molecule has 0 saturated heterocycles. The summed E-state index contributed by atoms with van der Waals surface area (Å²) >= 11 is 0. The van der Waals surface area contributed by atoms with E-state index in [4.69, 9.17) is 0 Å².